The zero-order valence-electron chi connectivity index (χ0n) is 19.8. The van der Waals surface area contributed by atoms with Crippen LogP contribution >= 0.6 is 0 Å². The highest BCUT2D eigenvalue weighted by atomic mass is 16.4. The first kappa shape index (κ1) is 27.6. The predicted octanol–water partition coefficient (Wildman–Crippen LogP) is 6.43. The molecule has 5 nitrogen and oxygen atoms in total. The van der Waals surface area contributed by atoms with E-state index in [2.05, 4.69) is 5.32 Å². The summed E-state index contributed by atoms with van der Waals surface area (Å²) in [6.45, 7) is 0.787. The number of carbonyl (C=O) groups is 3. The van der Waals surface area contributed by atoms with Gasteiger partial charge in [0, 0.05) is 25.3 Å². The van der Waals surface area contributed by atoms with Gasteiger partial charge in [0.2, 0.25) is 5.91 Å². The van der Waals surface area contributed by atoms with Gasteiger partial charge >= 0.3 is 5.97 Å². The Morgan fingerprint density at radius 3 is 1.52 bits per heavy atom. The SMILES string of the molecule is O=CC1CCC(CNC(=O)CCCCCCCCCCCCCCCCC(=O)O)CC1. The fraction of sp³-hybridized carbons (Fsp3) is 0.885. The van der Waals surface area contributed by atoms with E-state index in [1.165, 1.54) is 64.2 Å². The van der Waals surface area contributed by atoms with E-state index >= 15 is 0 Å². The maximum atomic E-state index is 12.0. The Kier molecular flexibility index (Phi) is 17.2. The van der Waals surface area contributed by atoms with E-state index in [0.29, 0.717) is 18.8 Å². The van der Waals surface area contributed by atoms with Crippen LogP contribution in [0.15, 0.2) is 0 Å². The first-order valence-electron chi connectivity index (χ1n) is 13.1. The number of carboxylic acid groups (broad SMARTS) is 1. The molecule has 0 heterocycles. The highest BCUT2D eigenvalue weighted by molar-refractivity contribution is 5.75. The predicted molar refractivity (Wildman–Crippen MR) is 126 cm³/mol. The molecule has 1 saturated carbocycles. The second-order valence-electron chi connectivity index (χ2n) is 9.56. The van der Waals surface area contributed by atoms with Crippen molar-refractivity contribution < 1.29 is 19.5 Å². The first-order valence-corrected chi connectivity index (χ1v) is 13.1. The van der Waals surface area contributed by atoms with E-state index in [0.717, 1.165) is 64.2 Å². The van der Waals surface area contributed by atoms with Crippen molar-refractivity contribution in [1.29, 1.82) is 0 Å². The molecule has 0 unspecified atom stereocenters. The summed E-state index contributed by atoms with van der Waals surface area (Å²) < 4.78 is 0. The van der Waals surface area contributed by atoms with Crippen molar-refractivity contribution in [3.63, 3.8) is 0 Å². The lowest BCUT2D eigenvalue weighted by atomic mass is 9.83. The van der Waals surface area contributed by atoms with Gasteiger partial charge in [-0.3, -0.25) is 9.59 Å². The molecule has 2 N–H and O–H groups in total. The zero-order chi connectivity index (χ0) is 22.6. The van der Waals surface area contributed by atoms with Crippen LogP contribution < -0.4 is 5.32 Å². The Morgan fingerprint density at radius 2 is 1.10 bits per heavy atom. The van der Waals surface area contributed by atoms with Crippen LogP contribution in [-0.2, 0) is 14.4 Å². The molecule has 0 aromatic carbocycles. The minimum absolute atomic E-state index is 0.194. The van der Waals surface area contributed by atoms with E-state index in [-0.39, 0.29) is 11.8 Å². The number of nitrogens with one attached hydrogen (secondary N) is 1. The van der Waals surface area contributed by atoms with Gasteiger partial charge in [-0.1, -0.05) is 77.0 Å². The third kappa shape index (κ3) is 16.9. The summed E-state index contributed by atoms with van der Waals surface area (Å²) in [5.41, 5.74) is 0. The summed E-state index contributed by atoms with van der Waals surface area (Å²) in [5, 5.41) is 11.7. The van der Waals surface area contributed by atoms with E-state index < -0.39 is 5.97 Å². The number of aliphatic carboxylic acids is 1. The Labute approximate surface area is 190 Å². The minimum atomic E-state index is -0.674. The largest absolute Gasteiger partial charge is 0.481 e. The first-order chi connectivity index (χ1) is 15.1. The van der Waals surface area contributed by atoms with Crippen molar-refractivity contribution in [2.24, 2.45) is 11.8 Å². The fourth-order valence-electron chi connectivity index (χ4n) is 4.56. The maximum Gasteiger partial charge on any atom is 0.303 e. The summed E-state index contributed by atoms with van der Waals surface area (Å²) >= 11 is 0. The molecule has 0 spiro atoms. The van der Waals surface area contributed by atoms with Gasteiger partial charge < -0.3 is 15.2 Å². The average Bonchev–Trinajstić information content (AvgIpc) is 2.77. The second kappa shape index (κ2) is 19.3. The topological polar surface area (TPSA) is 83.5 Å². The number of rotatable bonds is 20. The summed E-state index contributed by atoms with van der Waals surface area (Å²) in [4.78, 5) is 33.2. The van der Waals surface area contributed by atoms with Crippen LogP contribution in [0.1, 0.15) is 128 Å². The van der Waals surface area contributed by atoms with Crippen molar-refractivity contribution in [3.8, 4) is 0 Å². The Morgan fingerprint density at radius 1 is 0.677 bits per heavy atom. The summed E-state index contributed by atoms with van der Waals surface area (Å²) in [6.07, 6.45) is 23.0. The summed E-state index contributed by atoms with van der Waals surface area (Å²) in [5.74, 6) is 0.329. The molecule has 0 saturated heterocycles. The van der Waals surface area contributed by atoms with Crippen LogP contribution in [0.5, 0.6) is 0 Å². The number of unbranched alkanes of at least 4 members (excludes halogenated alkanes) is 13. The number of carboxylic acids is 1. The Balaban J connectivity index is 1.76. The molecule has 5 heteroatoms. The third-order valence-electron chi connectivity index (χ3n) is 6.72. The molecule has 1 rings (SSSR count). The second-order valence-corrected chi connectivity index (χ2v) is 9.56. The minimum Gasteiger partial charge on any atom is -0.481 e. The van der Waals surface area contributed by atoms with Crippen LogP contribution in [0.25, 0.3) is 0 Å². The smallest absolute Gasteiger partial charge is 0.303 e. The number of carbonyl (C=O) groups excluding carboxylic acids is 2. The molecule has 31 heavy (non-hydrogen) atoms. The molecule has 0 aliphatic heterocycles. The molecule has 0 aromatic rings. The molecule has 0 atom stereocenters. The van der Waals surface area contributed by atoms with Crippen molar-refractivity contribution in [2.75, 3.05) is 6.54 Å². The Bertz CT molecular complexity index is 472. The summed E-state index contributed by atoms with van der Waals surface area (Å²) in [7, 11) is 0. The van der Waals surface area contributed by atoms with Crippen LogP contribution in [0.3, 0.4) is 0 Å². The molecular weight excluding hydrogens is 390 g/mol. The molecule has 1 aliphatic rings. The Hall–Kier alpha value is -1.39. The molecule has 0 bridgehead atoms. The standard InChI is InChI=1S/C26H47NO4/c28-22-24-19-17-23(18-20-24)21-27-25(29)15-13-11-9-7-5-3-1-2-4-6-8-10-12-14-16-26(30)31/h22-24H,1-21H2,(H,27,29)(H,30,31). The number of hydrogen-bond acceptors (Lipinski definition) is 3. The number of aldehydes is 1. The monoisotopic (exact) mass is 437 g/mol. The van der Waals surface area contributed by atoms with Gasteiger partial charge in [0.05, 0.1) is 0 Å². The highest BCUT2D eigenvalue weighted by Crippen LogP contribution is 2.26. The van der Waals surface area contributed by atoms with Crippen molar-refractivity contribution >= 4 is 18.2 Å². The van der Waals surface area contributed by atoms with Crippen LogP contribution in [0, 0.1) is 11.8 Å². The van der Waals surface area contributed by atoms with Gasteiger partial charge in [0.25, 0.3) is 0 Å². The zero-order valence-corrected chi connectivity index (χ0v) is 19.8. The highest BCUT2D eigenvalue weighted by Gasteiger charge is 2.20. The quantitative estimate of drug-likeness (QED) is 0.170. The van der Waals surface area contributed by atoms with Crippen LogP contribution in [-0.4, -0.2) is 29.8 Å². The van der Waals surface area contributed by atoms with Gasteiger partial charge in [0.1, 0.15) is 6.29 Å². The number of amides is 1. The molecule has 180 valence electrons. The van der Waals surface area contributed by atoms with E-state index in [4.69, 9.17) is 5.11 Å². The van der Waals surface area contributed by atoms with Gasteiger partial charge in [0.15, 0.2) is 0 Å². The molecule has 0 aromatic heterocycles. The van der Waals surface area contributed by atoms with E-state index in [1.54, 1.807) is 0 Å². The fourth-order valence-corrected chi connectivity index (χ4v) is 4.56. The van der Waals surface area contributed by atoms with E-state index in [9.17, 15) is 14.4 Å². The normalized spacial score (nSPS) is 18.6. The van der Waals surface area contributed by atoms with Crippen molar-refractivity contribution in [2.45, 2.75) is 128 Å². The third-order valence-corrected chi connectivity index (χ3v) is 6.72. The van der Waals surface area contributed by atoms with Crippen LogP contribution in [0.2, 0.25) is 0 Å². The van der Waals surface area contributed by atoms with Crippen molar-refractivity contribution in [1.82, 2.24) is 5.32 Å². The maximum absolute atomic E-state index is 12.0. The molecule has 1 fully saturated rings. The molecule has 0 radical (unpaired) electrons. The van der Waals surface area contributed by atoms with Crippen molar-refractivity contribution in [3.05, 3.63) is 0 Å². The molecular formula is C26H47NO4. The summed E-state index contributed by atoms with van der Waals surface area (Å²) in [6, 6.07) is 0. The van der Waals surface area contributed by atoms with Gasteiger partial charge in [-0.25, -0.2) is 0 Å². The van der Waals surface area contributed by atoms with E-state index in [1.807, 2.05) is 0 Å². The molecule has 1 aliphatic carbocycles. The van der Waals surface area contributed by atoms with Gasteiger partial charge in [-0.05, 0) is 44.4 Å². The number of hydrogen-bond donors (Lipinski definition) is 2. The van der Waals surface area contributed by atoms with Crippen LogP contribution in [0.4, 0.5) is 0 Å². The molecule has 1 amide bonds. The lowest BCUT2D eigenvalue weighted by Crippen LogP contribution is -2.31. The van der Waals surface area contributed by atoms with Gasteiger partial charge in [-0.15, -0.1) is 0 Å². The lowest BCUT2D eigenvalue weighted by Gasteiger charge is -2.25. The average molecular weight is 438 g/mol. The lowest BCUT2D eigenvalue weighted by molar-refractivity contribution is -0.137. The van der Waals surface area contributed by atoms with Gasteiger partial charge in [-0.2, -0.15) is 0 Å².